The lowest BCUT2D eigenvalue weighted by Crippen LogP contribution is -2.53. The fraction of sp³-hybridized carbons (Fsp3) is 0.867. The zero-order chi connectivity index (χ0) is 16.1. The van der Waals surface area contributed by atoms with Crippen molar-refractivity contribution >= 4 is 11.9 Å². The largest absolute Gasteiger partial charge is 0.465 e. The molecule has 1 aliphatic heterocycles. The molecule has 5 nitrogen and oxygen atoms in total. The minimum atomic E-state index is -0.214. The van der Waals surface area contributed by atoms with Crippen LogP contribution in [0.15, 0.2) is 0 Å². The summed E-state index contributed by atoms with van der Waals surface area (Å²) in [5, 5.41) is 0. The van der Waals surface area contributed by atoms with Crippen LogP contribution in [0.4, 0.5) is 0 Å². The molecule has 20 heavy (non-hydrogen) atoms. The van der Waals surface area contributed by atoms with Gasteiger partial charge in [-0.3, -0.25) is 14.5 Å². The van der Waals surface area contributed by atoms with Crippen molar-refractivity contribution in [3.05, 3.63) is 0 Å². The Balaban J connectivity index is 0. The second-order valence-corrected chi connectivity index (χ2v) is 3.97. The van der Waals surface area contributed by atoms with Crippen LogP contribution in [0, 0.1) is 0 Å². The average molecular weight is 288 g/mol. The Morgan fingerprint density at radius 1 is 1.05 bits per heavy atom. The van der Waals surface area contributed by atoms with Gasteiger partial charge in [0.2, 0.25) is 5.91 Å². The molecular formula is C15H32N2O3. The van der Waals surface area contributed by atoms with E-state index in [4.69, 9.17) is 4.74 Å². The van der Waals surface area contributed by atoms with Gasteiger partial charge in [0, 0.05) is 33.1 Å². The Kier molecular flexibility index (Phi) is 13.7. The van der Waals surface area contributed by atoms with E-state index in [1.54, 1.807) is 18.7 Å². The smallest absolute Gasteiger partial charge is 0.323 e. The predicted molar refractivity (Wildman–Crippen MR) is 82.6 cm³/mol. The van der Waals surface area contributed by atoms with Crippen molar-refractivity contribution in [3.63, 3.8) is 0 Å². The number of amides is 1. The molecule has 0 N–H and O–H groups in total. The fourth-order valence-electron chi connectivity index (χ4n) is 1.84. The molecule has 0 saturated carbocycles. The number of carbonyl (C=O) groups is 2. The summed E-state index contributed by atoms with van der Waals surface area (Å²) >= 11 is 0. The van der Waals surface area contributed by atoms with Crippen molar-refractivity contribution in [1.29, 1.82) is 0 Å². The molecule has 0 aliphatic carbocycles. The number of nitrogens with zero attached hydrogens (tertiary/aromatic N) is 2. The first kappa shape index (κ1) is 21.2. The second kappa shape index (κ2) is 12.9. The maximum Gasteiger partial charge on any atom is 0.323 e. The molecule has 0 aromatic carbocycles. The maximum absolute atomic E-state index is 11.5. The summed E-state index contributed by atoms with van der Waals surface area (Å²) in [5.41, 5.74) is 0. The average Bonchev–Trinajstić information content (AvgIpc) is 2.51. The first-order valence-electron chi connectivity index (χ1n) is 7.72. The Labute approximate surface area is 124 Å². The molecule has 1 saturated heterocycles. The number of esters is 1. The number of piperazine rings is 1. The number of carbonyl (C=O) groups excluding carboxylic acids is 2. The number of rotatable bonds is 3. The van der Waals surface area contributed by atoms with Gasteiger partial charge in [-0.1, -0.05) is 27.7 Å². The highest BCUT2D eigenvalue weighted by Crippen LogP contribution is 2.07. The van der Waals surface area contributed by atoms with Crippen LogP contribution in [0.2, 0.25) is 0 Å². The van der Waals surface area contributed by atoms with E-state index in [0.717, 1.165) is 13.1 Å². The number of ether oxygens (including phenoxy) is 1. The Hall–Kier alpha value is -1.10. The van der Waals surface area contributed by atoms with E-state index in [1.165, 1.54) is 0 Å². The van der Waals surface area contributed by atoms with Gasteiger partial charge in [0.15, 0.2) is 0 Å². The molecule has 1 amide bonds. The van der Waals surface area contributed by atoms with Crippen molar-refractivity contribution in [3.8, 4) is 0 Å². The van der Waals surface area contributed by atoms with Gasteiger partial charge in [0.05, 0.1) is 6.61 Å². The van der Waals surface area contributed by atoms with Crippen LogP contribution >= 0.6 is 0 Å². The summed E-state index contributed by atoms with van der Waals surface area (Å²) in [7, 11) is 0. The molecule has 0 spiro atoms. The topological polar surface area (TPSA) is 49.9 Å². The summed E-state index contributed by atoms with van der Waals surface area (Å²) < 4.78 is 4.97. The normalized spacial score (nSPS) is 16.1. The summed E-state index contributed by atoms with van der Waals surface area (Å²) in [6.45, 7) is 16.5. The molecule has 1 fully saturated rings. The van der Waals surface area contributed by atoms with Gasteiger partial charge in [0.1, 0.15) is 6.04 Å². The molecule has 1 heterocycles. The fourth-order valence-corrected chi connectivity index (χ4v) is 1.84. The van der Waals surface area contributed by atoms with Crippen LogP contribution in [0.1, 0.15) is 48.5 Å². The van der Waals surface area contributed by atoms with E-state index in [1.807, 2.05) is 34.6 Å². The molecule has 0 aromatic heterocycles. The minimum Gasteiger partial charge on any atom is -0.465 e. The second-order valence-electron chi connectivity index (χ2n) is 3.97. The van der Waals surface area contributed by atoms with Crippen LogP contribution in [0.5, 0.6) is 0 Å². The standard InChI is InChI=1S/C11H20N2O3.2C2H6/c1-4-16-11(15)9(2)12-5-7-13(8-6-12)10(3)14;2*1-2/h9H,4-8H2,1-3H3;2*1-2H3. The van der Waals surface area contributed by atoms with Gasteiger partial charge < -0.3 is 9.64 Å². The van der Waals surface area contributed by atoms with Crippen molar-refractivity contribution in [2.24, 2.45) is 0 Å². The zero-order valence-corrected chi connectivity index (χ0v) is 14.2. The lowest BCUT2D eigenvalue weighted by Gasteiger charge is -2.36. The van der Waals surface area contributed by atoms with E-state index in [0.29, 0.717) is 19.7 Å². The molecule has 1 aliphatic rings. The first-order valence-corrected chi connectivity index (χ1v) is 7.72. The maximum atomic E-state index is 11.5. The van der Waals surface area contributed by atoms with Gasteiger partial charge in [-0.05, 0) is 13.8 Å². The van der Waals surface area contributed by atoms with Crippen molar-refractivity contribution in [2.75, 3.05) is 32.8 Å². The zero-order valence-electron chi connectivity index (χ0n) is 14.2. The predicted octanol–water partition coefficient (Wildman–Crippen LogP) is 2.15. The third-order valence-electron chi connectivity index (χ3n) is 2.94. The van der Waals surface area contributed by atoms with Crippen LogP contribution in [-0.4, -0.2) is 60.5 Å². The van der Waals surface area contributed by atoms with Gasteiger partial charge in [-0.2, -0.15) is 0 Å². The van der Waals surface area contributed by atoms with E-state index in [9.17, 15) is 9.59 Å². The molecule has 5 heteroatoms. The van der Waals surface area contributed by atoms with Crippen molar-refractivity contribution in [2.45, 2.75) is 54.5 Å². The highest BCUT2D eigenvalue weighted by molar-refractivity contribution is 5.75. The van der Waals surface area contributed by atoms with E-state index >= 15 is 0 Å². The lowest BCUT2D eigenvalue weighted by atomic mass is 10.2. The van der Waals surface area contributed by atoms with Crippen molar-refractivity contribution < 1.29 is 14.3 Å². The van der Waals surface area contributed by atoms with E-state index in [-0.39, 0.29) is 17.9 Å². The molecule has 0 bridgehead atoms. The Bertz CT molecular complexity index is 262. The molecule has 0 aromatic rings. The number of hydrogen-bond acceptors (Lipinski definition) is 4. The number of hydrogen-bond donors (Lipinski definition) is 0. The monoisotopic (exact) mass is 288 g/mol. The van der Waals surface area contributed by atoms with Gasteiger partial charge in [-0.15, -0.1) is 0 Å². The van der Waals surface area contributed by atoms with Gasteiger partial charge >= 0.3 is 5.97 Å². The van der Waals surface area contributed by atoms with Gasteiger partial charge in [-0.25, -0.2) is 0 Å². The highest BCUT2D eigenvalue weighted by atomic mass is 16.5. The molecular weight excluding hydrogens is 256 g/mol. The third kappa shape index (κ3) is 7.48. The molecule has 120 valence electrons. The third-order valence-corrected chi connectivity index (χ3v) is 2.94. The van der Waals surface area contributed by atoms with Crippen LogP contribution in [0.3, 0.4) is 0 Å². The molecule has 1 atom stereocenters. The van der Waals surface area contributed by atoms with E-state index < -0.39 is 0 Å². The lowest BCUT2D eigenvalue weighted by molar-refractivity contribution is -0.149. The van der Waals surface area contributed by atoms with Crippen LogP contribution < -0.4 is 0 Å². The van der Waals surface area contributed by atoms with E-state index in [2.05, 4.69) is 4.90 Å². The first-order chi connectivity index (χ1) is 9.56. The molecule has 0 radical (unpaired) electrons. The van der Waals surface area contributed by atoms with Crippen LogP contribution in [-0.2, 0) is 14.3 Å². The highest BCUT2D eigenvalue weighted by Gasteiger charge is 2.26. The van der Waals surface area contributed by atoms with Crippen LogP contribution in [0.25, 0.3) is 0 Å². The molecule has 1 unspecified atom stereocenters. The minimum absolute atomic E-state index is 0.100. The Morgan fingerprint density at radius 3 is 1.85 bits per heavy atom. The van der Waals surface area contributed by atoms with Gasteiger partial charge in [0.25, 0.3) is 0 Å². The quantitative estimate of drug-likeness (QED) is 0.747. The summed E-state index contributed by atoms with van der Waals surface area (Å²) in [4.78, 5) is 26.5. The SMILES string of the molecule is CC.CC.CCOC(=O)C(C)N1CCN(C(C)=O)CC1. The molecule has 1 rings (SSSR count). The summed E-state index contributed by atoms with van der Waals surface area (Å²) in [6, 6.07) is -0.214. The Morgan fingerprint density at radius 2 is 1.50 bits per heavy atom. The van der Waals surface area contributed by atoms with Crippen molar-refractivity contribution in [1.82, 2.24) is 9.80 Å². The summed E-state index contributed by atoms with van der Waals surface area (Å²) in [6.07, 6.45) is 0. The summed E-state index contributed by atoms with van der Waals surface area (Å²) in [5.74, 6) is -0.0813.